The smallest absolute Gasteiger partial charge is 0.303 e. The fourth-order valence-corrected chi connectivity index (χ4v) is 4.12. The van der Waals surface area contributed by atoms with Crippen molar-refractivity contribution in [2.45, 2.75) is 44.2 Å². The van der Waals surface area contributed by atoms with Gasteiger partial charge in [0.15, 0.2) is 0 Å². The van der Waals surface area contributed by atoms with E-state index in [0.717, 1.165) is 6.42 Å². The number of carboxylic acid groups (broad SMARTS) is 1. The molecule has 34 heavy (non-hydrogen) atoms. The van der Waals surface area contributed by atoms with Crippen LogP contribution in [0.15, 0.2) is 24.3 Å². The van der Waals surface area contributed by atoms with Gasteiger partial charge in [-0.25, -0.2) is 0 Å². The predicted molar refractivity (Wildman–Crippen MR) is 120 cm³/mol. The highest BCUT2D eigenvalue weighted by Crippen LogP contribution is 2.18. The highest BCUT2D eigenvalue weighted by atomic mass is 16.5. The Morgan fingerprint density at radius 3 is 2.53 bits per heavy atom. The second-order valence-corrected chi connectivity index (χ2v) is 8.32. The number of aliphatic carboxylic acids is 1. The van der Waals surface area contributed by atoms with Gasteiger partial charge in [-0.2, -0.15) is 0 Å². The van der Waals surface area contributed by atoms with Crippen LogP contribution < -0.4 is 15.4 Å². The van der Waals surface area contributed by atoms with Gasteiger partial charge in [-0.15, -0.1) is 0 Å². The number of carbonyl (C=O) groups excluding carboxylic acids is 4. The third-order valence-electron chi connectivity index (χ3n) is 6.01. The lowest BCUT2D eigenvalue weighted by molar-refractivity contribution is -0.144. The van der Waals surface area contributed by atoms with Crippen molar-refractivity contribution in [1.29, 1.82) is 0 Å². The molecular formula is C23H30N4O7. The maximum absolute atomic E-state index is 13.2. The number of rotatable bonds is 8. The lowest BCUT2D eigenvalue weighted by Crippen LogP contribution is -2.63. The fourth-order valence-electron chi connectivity index (χ4n) is 4.12. The number of carbonyl (C=O) groups is 5. The van der Waals surface area contributed by atoms with Gasteiger partial charge in [0.25, 0.3) is 5.91 Å². The SMILES string of the molecule is COc1ccc(C(=O)N2CCN(C(=O)CCCC(=O)O)[C@@H](C(=O)N[C@@H]3CCCNC3=O)C2)cc1. The molecule has 2 aliphatic heterocycles. The highest BCUT2D eigenvalue weighted by molar-refractivity contribution is 5.96. The summed E-state index contributed by atoms with van der Waals surface area (Å²) < 4.78 is 5.12. The first-order chi connectivity index (χ1) is 16.3. The Morgan fingerprint density at radius 1 is 1.15 bits per heavy atom. The van der Waals surface area contributed by atoms with Crippen LogP contribution in [-0.4, -0.2) is 89.9 Å². The first-order valence-corrected chi connectivity index (χ1v) is 11.3. The Hall–Kier alpha value is -3.63. The standard InChI is InChI=1S/C23H30N4O7/c1-34-16-9-7-15(8-10-16)23(33)26-12-13-27(19(28)5-2-6-20(29)30)18(14-26)22(32)25-17-4-3-11-24-21(17)31/h7-10,17-18H,2-6,11-14H2,1H3,(H,24,31)(H,25,32)(H,29,30)/t17-,18-/m1/s1. The average Bonchev–Trinajstić information content (AvgIpc) is 2.84. The van der Waals surface area contributed by atoms with Gasteiger partial charge in [0.05, 0.1) is 13.7 Å². The number of benzene rings is 1. The molecule has 3 N–H and O–H groups in total. The van der Waals surface area contributed by atoms with E-state index < -0.39 is 24.0 Å². The zero-order chi connectivity index (χ0) is 24.7. The van der Waals surface area contributed by atoms with Crippen LogP contribution >= 0.6 is 0 Å². The van der Waals surface area contributed by atoms with Crippen LogP contribution in [0.2, 0.25) is 0 Å². The summed E-state index contributed by atoms with van der Waals surface area (Å²) in [5.74, 6) is -1.82. The quantitative estimate of drug-likeness (QED) is 0.481. The molecule has 11 nitrogen and oxygen atoms in total. The van der Waals surface area contributed by atoms with E-state index in [1.807, 2.05) is 0 Å². The Balaban J connectivity index is 1.74. The monoisotopic (exact) mass is 474 g/mol. The molecule has 184 valence electrons. The van der Waals surface area contributed by atoms with Crippen molar-refractivity contribution < 1.29 is 33.8 Å². The van der Waals surface area contributed by atoms with E-state index in [1.165, 1.54) is 16.9 Å². The molecule has 0 spiro atoms. The van der Waals surface area contributed by atoms with E-state index in [9.17, 15) is 24.0 Å². The zero-order valence-electron chi connectivity index (χ0n) is 19.1. The molecular weight excluding hydrogens is 444 g/mol. The number of hydrogen-bond donors (Lipinski definition) is 3. The molecule has 2 fully saturated rings. The van der Waals surface area contributed by atoms with Crippen LogP contribution in [0.5, 0.6) is 5.75 Å². The fraction of sp³-hybridized carbons (Fsp3) is 0.522. The number of methoxy groups -OCH3 is 1. The van der Waals surface area contributed by atoms with Crippen LogP contribution in [0.1, 0.15) is 42.5 Å². The summed E-state index contributed by atoms with van der Waals surface area (Å²) in [5.41, 5.74) is 0.424. The zero-order valence-corrected chi connectivity index (χ0v) is 19.1. The van der Waals surface area contributed by atoms with E-state index >= 15 is 0 Å². The van der Waals surface area contributed by atoms with Crippen LogP contribution in [0.4, 0.5) is 0 Å². The first kappa shape index (κ1) is 25.0. The van der Waals surface area contributed by atoms with Gasteiger partial charge in [0.2, 0.25) is 17.7 Å². The topological polar surface area (TPSA) is 145 Å². The summed E-state index contributed by atoms with van der Waals surface area (Å²) in [4.78, 5) is 64.8. The van der Waals surface area contributed by atoms with E-state index in [2.05, 4.69) is 10.6 Å². The molecule has 2 saturated heterocycles. The van der Waals surface area contributed by atoms with Gasteiger partial charge >= 0.3 is 5.97 Å². The lowest BCUT2D eigenvalue weighted by atomic mass is 10.0. The van der Waals surface area contributed by atoms with E-state index in [-0.39, 0.29) is 56.6 Å². The van der Waals surface area contributed by atoms with Crippen LogP contribution in [0, 0.1) is 0 Å². The van der Waals surface area contributed by atoms with Gasteiger partial charge in [0.1, 0.15) is 17.8 Å². The summed E-state index contributed by atoms with van der Waals surface area (Å²) in [7, 11) is 1.53. The Labute approximate surface area is 197 Å². The number of nitrogens with one attached hydrogen (secondary N) is 2. The second kappa shape index (κ2) is 11.5. The maximum atomic E-state index is 13.2. The Morgan fingerprint density at radius 2 is 1.88 bits per heavy atom. The Kier molecular flexibility index (Phi) is 8.44. The molecule has 1 aromatic carbocycles. The lowest BCUT2D eigenvalue weighted by Gasteiger charge is -2.41. The van der Waals surface area contributed by atoms with Crippen LogP contribution in [0.3, 0.4) is 0 Å². The molecule has 11 heteroatoms. The molecule has 2 heterocycles. The number of amides is 4. The molecule has 0 unspecified atom stereocenters. The molecule has 3 rings (SSSR count). The first-order valence-electron chi connectivity index (χ1n) is 11.3. The predicted octanol–water partition coefficient (Wildman–Crippen LogP) is -0.00210. The van der Waals surface area contributed by atoms with Gasteiger partial charge < -0.3 is 30.3 Å². The molecule has 0 aliphatic carbocycles. The van der Waals surface area contributed by atoms with Crippen molar-refractivity contribution in [1.82, 2.24) is 20.4 Å². The molecule has 4 amide bonds. The van der Waals surface area contributed by atoms with Gasteiger partial charge in [0, 0.05) is 38.0 Å². The number of piperazine rings is 1. The maximum Gasteiger partial charge on any atom is 0.303 e. The Bertz CT molecular complexity index is 934. The summed E-state index contributed by atoms with van der Waals surface area (Å²) in [6.45, 7) is 0.870. The molecule has 0 saturated carbocycles. The van der Waals surface area contributed by atoms with E-state index in [4.69, 9.17) is 9.84 Å². The van der Waals surface area contributed by atoms with Crippen molar-refractivity contribution in [2.75, 3.05) is 33.3 Å². The van der Waals surface area contributed by atoms with E-state index in [1.54, 1.807) is 24.3 Å². The summed E-state index contributed by atoms with van der Waals surface area (Å²) in [6.07, 6.45) is 1.19. The van der Waals surface area contributed by atoms with Gasteiger partial charge in [-0.1, -0.05) is 0 Å². The molecule has 2 aliphatic rings. The minimum absolute atomic E-state index is 0.0214. The number of ether oxygens (including phenoxy) is 1. The van der Waals surface area contributed by atoms with Crippen LogP contribution in [-0.2, 0) is 19.2 Å². The molecule has 1 aromatic rings. The average molecular weight is 475 g/mol. The third kappa shape index (κ3) is 6.24. The molecule has 2 atom stereocenters. The van der Waals surface area contributed by atoms with Gasteiger partial charge in [-0.3, -0.25) is 24.0 Å². The van der Waals surface area contributed by atoms with Gasteiger partial charge in [-0.05, 0) is 43.5 Å². The largest absolute Gasteiger partial charge is 0.497 e. The second-order valence-electron chi connectivity index (χ2n) is 8.32. The minimum Gasteiger partial charge on any atom is -0.497 e. The number of nitrogens with zero attached hydrogens (tertiary/aromatic N) is 2. The van der Waals surface area contributed by atoms with Crippen molar-refractivity contribution >= 4 is 29.6 Å². The summed E-state index contributed by atoms with van der Waals surface area (Å²) in [5, 5.41) is 14.3. The number of carboxylic acids is 1. The summed E-state index contributed by atoms with van der Waals surface area (Å²) in [6, 6.07) is 4.92. The van der Waals surface area contributed by atoms with Crippen molar-refractivity contribution in [2.24, 2.45) is 0 Å². The normalized spacial score (nSPS) is 20.3. The van der Waals surface area contributed by atoms with Crippen molar-refractivity contribution in [3.63, 3.8) is 0 Å². The van der Waals surface area contributed by atoms with Crippen molar-refractivity contribution in [3.8, 4) is 5.75 Å². The minimum atomic E-state index is -1.000. The molecule has 0 aromatic heterocycles. The van der Waals surface area contributed by atoms with E-state index in [0.29, 0.717) is 24.3 Å². The highest BCUT2D eigenvalue weighted by Gasteiger charge is 2.38. The molecule has 0 radical (unpaired) electrons. The van der Waals surface area contributed by atoms with Crippen LogP contribution in [0.25, 0.3) is 0 Å². The molecule has 0 bridgehead atoms. The number of hydrogen-bond acceptors (Lipinski definition) is 6. The third-order valence-corrected chi connectivity index (χ3v) is 6.01. The van der Waals surface area contributed by atoms with Crippen molar-refractivity contribution in [3.05, 3.63) is 29.8 Å². The summed E-state index contributed by atoms with van der Waals surface area (Å²) >= 11 is 0. The number of piperidine rings is 1.